The highest BCUT2D eigenvalue weighted by Gasteiger charge is 2.26. The Morgan fingerprint density at radius 2 is 1.92 bits per heavy atom. The van der Waals surface area contributed by atoms with E-state index in [1.165, 1.54) is 0 Å². The molecule has 0 bridgehead atoms. The molecule has 0 saturated carbocycles. The minimum absolute atomic E-state index is 0.200. The van der Waals surface area contributed by atoms with Crippen molar-refractivity contribution in [2.24, 2.45) is 11.5 Å². The van der Waals surface area contributed by atoms with Gasteiger partial charge in [0.25, 0.3) is 0 Å². The van der Waals surface area contributed by atoms with E-state index in [1.54, 1.807) is 13.8 Å². The molecule has 5 heteroatoms. The van der Waals surface area contributed by atoms with Crippen LogP contribution in [0.25, 0.3) is 0 Å². The minimum atomic E-state index is -0.980. The van der Waals surface area contributed by atoms with Gasteiger partial charge in [0.15, 0.2) is 0 Å². The van der Waals surface area contributed by atoms with Gasteiger partial charge in [-0.3, -0.25) is 9.59 Å². The largest absolute Gasteiger partial charge is 0.368 e. The van der Waals surface area contributed by atoms with Crippen LogP contribution in [0.5, 0.6) is 0 Å². The van der Waals surface area contributed by atoms with E-state index in [1.807, 2.05) is 0 Å². The minimum Gasteiger partial charge on any atom is -0.368 e. The molecule has 0 heterocycles. The standard InChI is InChI=1S/C8H17N3O2/c1-8(2,7(10)13)11-6(12)4-3-5-9/h3-5,9H2,1-2H3,(H2,10,13)(H,11,12). The van der Waals surface area contributed by atoms with E-state index in [2.05, 4.69) is 5.32 Å². The Hall–Kier alpha value is -1.10. The lowest BCUT2D eigenvalue weighted by Gasteiger charge is -2.22. The number of carbonyl (C=O) groups is 2. The van der Waals surface area contributed by atoms with E-state index in [-0.39, 0.29) is 5.91 Å². The predicted octanol–water partition coefficient (Wildman–Crippen LogP) is -0.895. The zero-order chi connectivity index (χ0) is 10.5. The number of nitrogens with one attached hydrogen (secondary N) is 1. The molecule has 0 aliphatic rings. The molecule has 0 unspecified atom stereocenters. The van der Waals surface area contributed by atoms with E-state index in [0.29, 0.717) is 19.4 Å². The van der Waals surface area contributed by atoms with E-state index < -0.39 is 11.4 Å². The molecule has 0 atom stereocenters. The number of hydrogen-bond acceptors (Lipinski definition) is 3. The van der Waals surface area contributed by atoms with Crippen molar-refractivity contribution >= 4 is 11.8 Å². The van der Waals surface area contributed by atoms with Gasteiger partial charge < -0.3 is 16.8 Å². The maximum absolute atomic E-state index is 11.1. The fourth-order valence-corrected chi connectivity index (χ4v) is 0.735. The quantitative estimate of drug-likeness (QED) is 0.520. The van der Waals surface area contributed by atoms with Gasteiger partial charge in [0.05, 0.1) is 0 Å². The molecule has 0 aromatic rings. The van der Waals surface area contributed by atoms with Gasteiger partial charge in [0.2, 0.25) is 11.8 Å². The third kappa shape index (κ3) is 4.47. The summed E-state index contributed by atoms with van der Waals surface area (Å²) in [6.07, 6.45) is 0.938. The van der Waals surface area contributed by atoms with Crippen LogP contribution in [0, 0.1) is 0 Å². The van der Waals surface area contributed by atoms with Crippen LogP contribution < -0.4 is 16.8 Å². The molecule has 0 saturated heterocycles. The van der Waals surface area contributed by atoms with Gasteiger partial charge in [-0.05, 0) is 26.8 Å². The second kappa shape index (κ2) is 4.81. The molecule has 0 aromatic heterocycles. The average Bonchev–Trinajstić information content (AvgIpc) is 1.99. The fourth-order valence-electron chi connectivity index (χ4n) is 0.735. The van der Waals surface area contributed by atoms with E-state index in [0.717, 1.165) is 0 Å². The molecule has 5 nitrogen and oxygen atoms in total. The van der Waals surface area contributed by atoms with Crippen LogP contribution in [0.4, 0.5) is 0 Å². The van der Waals surface area contributed by atoms with Gasteiger partial charge in [-0.2, -0.15) is 0 Å². The highest BCUT2D eigenvalue weighted by Crippen LogP contribution is 2.01. The van der Waals surface area contributed by atoms with E-state index in [4.69, 9.17) is 11.5 Å². The maximum Gasteiger partial charge on any atom is 0.242 e. The number of carbonyl (C=O) groups excluding carboxylic acids is 2. The smallest absolute Gasteiger partial charge is 0.242 e. The first-order valence-corrected chi connectivity index (χ1v) is 4.21. The molecule has 5 N–H and O–H groups in total. The van der Waals surface area contributed by atoms with Crippen LogP contribution >= 0.6 is 0 Å². The second-order valence-corrected chi connectivity index (χ2v) is 3.43. The highest BCUT2D eigenvalue weighted by atomic mass is 16.2. The van der Waals surface area contributed by atoms with Crippen molar-refractivity contribution in [3.05, 3.63) is 0 Å². The van der Waals surface area contributed by atoms with Gasteiger partial charge in [0, 0.05) is 6.42 Å². The van der Waals surface area contributed by atoms with Crippen molar-refractivity contribution < 1.29 is 9.59 Å². The van der Waals surface area contributed by atoms with Crippen molar-refractivity contribution in [3.8, 4) is 0 Å². The monoisotopic (exact) mass is 187 g/mol. The fraction of sp³-hybridized carbons (Fsp3) is 0.750. The lowest BCUT2D eigenvalue weighted by atomic mass is 10.0. The molecular weight excluding hydrogens is 170 g/mol. The van der Waals surface area contributed by atoms with Crippen LogP contribution in [0.2, 0.25) is 0 Å². The topological polar surface area (TPSA) is 98.2 Å². The zero-order valence-corrected chi connectivity index (χ0v) is 8.09. The van der Waals surface area contributed by atoms with Crippen molar-refractivity contribution in [1.29, 1.82) is 0 Å². The molecule has 0 aliphatic carbocycles. The van der Waals surface area contributed by atoms with Crippen molar-refractivity contribution in [1.82, 2.24) is 5.32 Å². The Bertz CT molecular complexity index is 202. The molecule has 0 fully saturated rings. The Balaban J connectivity index is 3.97. The Morgan fingerprint density at radius 1 is 1.38 bits per heavy atom. The van der Waals surface area contributed by atoms with Gasteiger partial charge >= 0.3 is 0 Å². The van der Waals surface area contributed by atoms with Crippen LogP contribution in [0.1, 0.15) is 26.7 Å². The van der Waals surface area contributed by atoms with Crippen molar-refractivity contribution in [2.45, 2.75) is 32.2 Å². The van der Waals surface area contributed by atoms with Crippen molar-refractivity contribution in [2.75, 3.05) is 6.54 Å². The number of nitrogens with two attached hydrogens (primary N) is 2. The Morgan fingerprint density at radius 3 is 2.31 bits per heavy atom. The molecule has 0 rings (SSSR count). The van der Waals surface area contributed by atoms with Crippen LogP contribution in [0.15, 0.2) is 0 Å². The van der Waals surface area contributed by atoms with Gasteiger partial charge in [-0.25, -0.2) is 0 Å². The summed E-state index contributed by atoms with van der Waals surface area (Å²) in [6, 6.07) is 0. The highest BCUT2D eigenvalue weighted by molar-refractivity contribution is 5.89. The molecule has 0 aliphatic heterocycles. The lowest BCUT2D eigenvalue weighted by Crippen LogP contribution is -2.53. The maximum atomic E-state index is 11.1. The van der Waals surface area contributed by atoms with Gasteiger partial charge in [-0.15, -0.1) is 0 Å². The van der Waals surface area contributed by atoms with Gasteiger partial charge in [0.1, 0.15) is 5.54 Å². The number of rotatable bonds is 5. The predicted molar refractivity (Wildman–Crippen MR) is 49.7 cm³/mol. The molecule has 76 valence electrons. The summed E-state index contributed by atoms with van der Waals surface area (Å²) in [5.41, 5.74) is 9.32. The normalized spacial score (nSPS) is 11.0. The summed E-state index contributed by atoms with van der Waals surface area (Å²) < 4.78 is 0. The Labute approximate surface area is 77.8 Å². The number of primary amides is 1. The summed E-state index contributed by atoms with van der Waals surface area (Å²) in [7, 11) is 0. The van der Waals surface area contributed by atoms with E-state index >= 15 is 0 Å². The van der Waals surface area contributed by atoms with E-state index in [9.17, 15) is 9.59 Å². The van der Waals surface area contributed by atoms with Crippen LogP contribution in [-0.4, -0.2) is 23.9 Å². The van der Waals surface area contributed by atoms with Crippen LogP contribution in [0.3, 0.4) is 0 Å². The third-order valence-corrected chi connectivity index (χ3v) is 1.68. The summed E-state index contributed by atoms with van der Waals surface area (Å²) in [5, 5.41) is 2.52. The number of hydrogen-bond donors (Lipinski definition) is 3. The molecule has 0 spiro atoms. The third-order valence-electron chi connectivity index (χ3n) is 1.68. The average molecular weight is 187 g/mol. The van der Waals surface area contributed by atoms with Crippen molar-refractivity contribution in [3.63, 3.8) is 0 Å². The number of amides is 2. The van der Waals surface area contributed by atoms with Gasteiger partial charge in [-0.1, -0.05) is 0 Å². The first kappa shape index (κ1) is 11.9. The molecule has 0 aromatic carbocycles. The first-order chi connectivity index (χ1) is 5.90. The molecule has 13 heavy (non-hydrogen) atoms. The zero-order valence-electron chi connectivity index (χ0n) is 8.09. The summed E-state index contributed by atoms with van der Waals surface area (Å²) >= 11 is 0. The summed E-state index contributed by atoms with van der Waals surface area (Å²) in [4.78, 5) is 22.0. The molecular formula is C8H17N3O2. The summed E-state index contributed by atoms with van der Waals surface area (Å²) in [5.74, 6) is -0.747. The Kier molecular flexibility index (Phi) is 4.40. The lowest BCUT2D eigenvalue weighted by molar-refractivity contribution is -0.130. The van der Waals surface area contributed by atoms with Crippen LogP contribution in [-0.2, 0) is 9.59 Å². The molecule has 0 radical (unpaired) electrons. The molecule has 2 amide bonds. The SMILES string of the molecule is CC(C)(NC(=O)CCCN)C(N)=O. The second-order valence-electron chi connectivity index (χ2n) is 3.43. The first-order valence-electron chi connectivity index (χ1n) is 4.21. The summed E-state index contributed by atoms with van der Waals surface area (Å²) in [6.45, 7) is 3.59.